The van der Waals surface area contributed by atoms with Crippen LogP contribution >= 0.6 is 7.82 Å². The van der Waals surface area contributed by atoms with E-state index in [4.69, 9.17) is 19.1 Å². The van der Waals surface area contributed by atoms with Crippen LogP contribution in [0.2, 0.25) is 0 Å². The van der Waals surface area contributed by atoms with Gasteiger partial charge in [-0.05, 0) is 77.0 Å². The topological polar surface area (TPSA) is 189 Å². The molecule has 0 spiro atoms. The van der Waals surface area contributed by atoms with Crippen LogP contribution in [0, 0.1) is 0 Å². The first kappa shape index (κ1) is 55.8. The molecule has 0 saturated heterocycles. The lowest BCUT2D eigenvalue weighted by molar-refractivity contribution is -0.161. The maximum absolute atomic E-state index is 12.6. The van der Waals surface area contributed by atoms with Crippen LogP contribution in [0.5, 0.6) is 0 Å². The third-order valence-corrected chi connectivity index (χ3v) is 9.35. The minimum Gasteiger partial charge on any atom is -0.462 e. The van der Waals surface area contributed by atoms with Crippen LogP contribution in [0.1, 0.15) is 129 Å². The number of aliphatic hydroxyl groups excluding tert-OH is 4. The van der Waals surface area contributed by atoms with E-state index in [1.165, 1.54) is 32.1 Å². The number of hydrogen-bond donors (Lipinski definition) is 5. The Balaban J connectivity index is 4.68. The number of rotatable bonds is 38. The molecule has 5 N–H and O–H groups in total. The zero-order valence-electron chi connectivity index (χ0n) is 35.6. The molecule has 0 bridgehead atoms. The molecule has 0 heterocycles. The first-order chi connectivity index (χ1) is 28.5. The molecule has 5 atom stereocenters. The summed E-state index contributed by atoms with van der Waals surface area (Å²) in [4.78, 5) is 35.0. The van der Waals surface area contributed by atoms with E-state index in [0.717, 1.165) is 38.5 Å². The minimum absolute atomic E-state index is 0.0360. The fourth-order valence-corrected chi connectivity index (χ4v) is 5.79. The zero-order chi connectivity index (χ0) is 43.7. The Morgan fingerprint density at radius 3 is 1.68 bits per heavy atom. The summed E-state index contributed by atoms with van der Waals surface area (Å²) in [5.41, 5.74) is 0. The van der Waals surface area contributed by atoms with Gasteiger partial charge < -0.3 is 34.8 Å². The Kier molecular flexibility index (Phi) is 38.1. The van der Waals surface area contributed by atoms with Crippen LogP contribution in [0.3, 0.4) is 0 Å². The Labute approximate surface area is 354 Å². The van der Waals surface area contributed by atoms with Gasteiger partial charge in [0.15, 0.2) is 6.10 Å². The van der Waals surface area contributed by atoms with Crippen LogP contribution in [-0.4, -0.2) is 88.1 Å². The molecule has 0 saturated carbocycles. The zero-order valence-corrected chi connectivity index (χ0v) is 36.5. The van der Waals surface area contributed by atoms with E-state index in [0.29, 0.717) is 25.7 Å². The lowest BCUT2D eigenvalue weighted by Gasteiger charge is -2.20. The molecule has 0 amide bonds. The van der Waals surface area contributed by atoms with Crippen molar-refractivity contribution in [1.82, 2.24) is 0 Å². The van der Waals surface area contributed by atoms with Crippen molar-refractivity contribution in [3.05, 3.63) is 97.2 Å². The molecular weight excluding hydrogens is 775 g/mol. The number of carbonyl (C=O) groups excluding carboxylic acids is 2. The molecule has 1 unspecified atom stereocenters. The van der Waals surface area contributed by atoms with Crippen LogP contribution < -0.4 is 0 Å². The second-order valence-electron chi connectivity index (χ2n) is 14.1. The quantitative estimate of drug-likeness (QED) is 0.0130. The van der Waals surface area contributed by atoms with Gasteiger partial charge in [-0.2, -0.15) is 0 Å². The van der Waals surface area contributed by atoms with E-state index < -0.39 is 70.6 Å². The maximum atomic E-state index is 12.6. The van der Waals surface area contributed by atoms with E-state index in [1.807, 2.05) is 18.2 Å². The van der Waals surface area contributed by atoms with Crippen molar-refractivity contribution < 1.29 is 58.0 Å². The lowest BCUT2D eigenvalue weighted by Crippen LogP contribution is -2.29. The first-order valence-electron chi connectivity index (χ1n) is 21.4. The number of aliphatic hydroxyl groups is 4. The minimum atomic E-state index is -4.70. The highest BCUT2D eigenvalue weighted by molar-refractivity contribution is 7.47. The van der Waals surface area contributed by atoms with E-state index in [9.17, 15) is 34.4 Å². The van der Waals surface area contributed by atoms with Gasteiger partial charge in [-0.25, -0.2) is 4.57 Å². The molecule has 0 aliphatic carbocycles. The van der Waals surface area contributed by atoms with Gasteiger partial charge in [-0.15, -0.1) is 0 Å². The van der Waals surface area contributed by atoms with E-state index in [1.54, 1.807) is 36.5 Å². The van der Waals surface area contributed by atoms with Crippen molar-refractivity contribution in [2.75, 3.05) is 26.4 Å². The summed E-state index contributed by atoms with van der Waals surface area (Å²) in [5, 5.41) is 38.6. The number of phosphoric acid groups is 1. The summed E-state index contributed by atoms with van der Waals surface area (Å²) >= 11 is 0. The Bertz CT molecular complexity index is 1330. The van der Waals surface area contributed by atoms with Crippen molar-refractivity contribution in [2.45, 2.75) is 154 Å². The highest BCUT2D eigenvalue weighted by Crippen LogP contribution is 2.43. The molecule has 0 radical (unpaired) electrons. The third kappa shape index (κ3) is 40.0. The molecular formula is C46H75O12P. The number of phosphoric ester groups is 1. The van der Waals surface area contributed by atoms with Gasteiger partial charge in [0.2, 0.25) is 0 Å². The van der Waals surface area contributed by atoms with Gasteiger partial charge in [-0.1, -0.05) is 137 Å². The average Bonchev–Trinajstić information content (AvgIpc) is 3.21. The number of hydrogen-bond acceptors (Lipinski definition) is 11. The first-order valence-corrected chi connectivity index (χ1v) is 22.9. The van der Waals surface area contributed by atoms with Gasteiger partial charge in [0, 0.05) is 12.8 Å². The van der Waals surface area contributed by atoms with Crippen molar-refractivity contribution in [3.8, 4) is 0 Å². The van der Waals surface area contributed by atoms with Gasteiger partial charge in [0.05, 0.1) is 32.0 Å². The molecule has 12 nitrogen and oxygen atoms in total. The highest BCUT2D eigenvalue weighted by Gasteiger charge is 2.27. The molecule has 336 valence electrons. The normalized spacial score (nSPS) is 15.8. The second-order valence-corrected chi connectivity index (χ2v) is 15.5. The molecule has 0 aromatic carbocycles. The number of unbranched alkanes of at least 4 members (excludes halogenated alkanes) is 7. The second kappa shape index (κ2) is 40.2. The number of carbonyl (C=O) groups is 2. The molecule has 0 fully saturated rings. The number of esters is 2. The lowest BCUT2D eigenvalue weighted by atomic mass is 10.1. The van der Waals surface area contributed by atoms with Gasteiger partial charge in [-0.3, -0.25) is 18.6 Å². The summed E-state index contributed by atoms with van der Waals surface area (Å²) in [5.74, 6) is -1.24. The van der Waals surface area contributed by atoms with Gasteiger partial charge in [0.25, 0.3) is 0 Å². The SMILES string of the molecule is CCCCC/C=C\C/C=C\C/C=C\C/C=C\CCCC(=O)O[C@H](COC(=O)CCC[C@H](O)\C=C/C=C/C=C/[C@H](O)C/C=C\CCCCC)COP(=O)(O)OC[C@@H](O)CO. The van der Waals surface area contributed by atoms with Crippen LogP contribution in [0.4, 0.5) is 0 Å². The van der Waals surface area contributed by atoms with Gasteiger partial charge >= 0.3 is 19.8 Å². The summed E-state index contributed by atoms with van der Waals surface area (Å²) in [7, 11) is -4.70. The highest BCUT2D eigenvalue weighted by atomic mass is 31.2. The largest absolute Gasteiger partial charge is 0.472 e. The van der Waals surface area contributed by atoms with Crippen molar-refractivity contribution in [3.63, 3.8) is 0 Å². The van der Waals surface area contributed by atoms with Crippen LogP contribution in [0.25, 0.3) is 0 Å². The molecule has 13 heteroatoms. The Morgan fingerprint density at radius 2 is 1.10 bits per heavy atom. The fraction of sp³-hybridized carbons (Fsp3) is 0.609. The summed E-state index contributed by atoms with van der Waals surface area (Å²) in [6, 6.07) is 0. The van der Waals surface area contributed by atoms with Crippen molar-refractivity contribution >= 4 is 19.8 Å². The Morgan fingerprint density at radius 1 is 0.593 bits per heavy atom. The fourth-order valence-electron chi connectivity index (χ4n) is 5.00. The molecule has 59 heavy (non-hydrogen) atoms. The van der Waals surface area contributed by atoms with Crippen molar-refractivity contribution in [2.24, 2.45) is 0 Å². The molecule has 0 aromatic rings. The standard InChI is InChI=1S/C46H75O12P/c1-3-5-7-9-11-12-13-14-15-16-17-18-19-20-21-23-29-35-46(52)58-44(40-57-59(53,54)56-38-43(50)37-47)39-55-45(51)36-30-34-42(49)33-28-25-24-27-32-41(48)31-26-22-10-8-6-4-2/h11-12,14-15,17-18,20-22,24-28,32-33,41-44,47-50H,3-10,13,16,19,23,29-31,34-40H2,1-2H3,(H,53,54)/b12-11-,15-14-,18-17-,21-20-,25-24+,26-22-,32-27+,33-28-/t41-,42-,43+,44-/m1/s1. The van der Waals surface area contributed by atoms with E-state index in [2.05, 4.69) is 60.9 Å². The van der Waals surface area contributed by atoms with Gasteiger partial charge in [0.1, 0.15) is 12.7 Å². The summed E-state index contributed by atoms with van der Waals surface area (Å²) in [6.45, 7) is 1.92. The summed E-state index contributed by atoms with van der Waals surface area (Å²) in [6.07, 6.45) is 41.5. The predicted octanol–water partition coefficient (Wildman–Crippen LogP) is 9.16. The average molecular weight is 851 g/mol. The third-order valence-electron chi connectivity index (χ3n) is 8.40. The summed E-state index contributed by atoms with van der Waals surface area (Å²) < 4.78 is 32.4. The van der Waals surface area contributed by atoms with E-state index >= 15 is 0 Å². The smallest absolute Gasteiger partial charge is 0.462 e. The predicted molar refractivity (Wildman–Crippen MR) is 235 cm³/mol. The molecule has 0 rings (SSSR count). The maximum Gasteiger partial charge on any atom is 0.472 e. The van der Waals surface area contributed by atoms with Crippen LogP contribution in [-0.2, 0) is 32.7 Å². The monoisotopic (exact) mass is 850 g/mol. The molecule has 0 aliphatic rings. The van der Waals surface area contributed by atoms with Crippen LogP contribution in [0.15, 0.2) is 97.2 Å². The van der Waals surface area contributed by atoms with E-state index in [-0.39, 0.29) is 19.3 Å². The number of allylic oxidation sites excluding steroid dienone is 13. The number of ether oxygens (including phenoxy) is 2. The van der Waals surface area contributed by atoms with Crippen molar-refractivity contribution in [1.29, 1.82) is 0 Å². The molecule has 0 aliphatic heterocycles. The molecule has 0 aromatic heterocycles. The Hall–Kier alpha value is -3.19.